The first-order chi connectivity index (χ1) is 12.1. The van der Waals surface area contributed by atoms with Crippen LogP contribution >= 0.6 is 0 Å². The Kier molecular flexibility index (Phi) is 3.53. The van der Waals surface area contributed by atoms with E-state index in [1.54, 1.807) is 36.4 Å². The highest BCUT2D eigenvalue weighted by molar-refractivity contribution is 6.35. The van der Waals surface area contributed by atoms with Crippen LogP contribution in [0.4, 0.5) is 11.4 Å². The number of rotatable bonds is 4. The smallest absolute Gasteiger partial charge is 0.337 e. The molecule has 6 heteroatoms. The molecule has 25 heavy (non-hydrogen) atoms. The maximum Gasteiger partial charge on any atom is 0.337 e. The number of hydrogen-bond acceptors (Lipinski definition) is 5. The Hall–Kier alpha value is -3.15. The highest BCUT2D eigenvalue weighted by atomic mass is 16.5. The Bertz CT molecular complexity index is 867. The van der Waals surface area contributed by atoms with E-state index in [0.717, 1.165) is 17.7 Å². The number of esters is 1. The van der Waals surface area contributed by atoms with E-state index in [-0.39, 0.29) is 17.4 Å². The number of methoxy groups -OCH3 is 1. The van der Waals surface area contributed by atoms with Gasteiger partial charge >= 0.3 is 5.97 Å². The maximum absolute atomic E-state index is 12.8. The largest absolute Gasteiger partial charge is 0.465 e. The molecule has 1 fully saturated rings. The van der Waals surface area contributed by atoms with E-state index in [1.807, 2.05) is 0 Å². The molecule has 2 aromatic rings. The summed E-state index contributed by atoms with van der Waals surface area (Å²) in [5.41, 5.74) is 2.06. The lowest BCUT2D eigenvalue weighted by Gasteiger charge is -2.20. The molecule has 126 valence electrons. The third-order valence-corrected chi connectivity index (χ3v) is 4.39. The standard InChI is InChI=1S/C19H16N2O4/c1-25-19(24)11-6-9-15(20-12-7-8-12)16(10-11)21-17(22)13-4-2-3-5-14(13)18(21)23/h2-6,9-10,12,20H,7-8H2,1H3. The molecule has 2 aromatic carbocycles. The zero-order chi connectivity index (χ0) is 17.6. The fourth-order valence-electron chi connectivity index (χ4n) is 2.94. The van der Waals surface area contributed by atoms with E-state index >= 15 is 0 Å². The van der Waals surface area contributed by atoms with Crippen LogP contribution in [0.15, 0.2) is 42.5 Å². The summed E-state index contributed by atoms with van der Waals surface area (Å²) >= 11 is 0. The van der Waals surface area contributed by atoms with Crippen molar-refractivity contribution in [3.63, 3.8) is 0 Å². The van der Waals surface area contributed by atoms with Gasteiger partial charge in [-0.1, -0.05) is 12.1 Å². The first kappa shape index (κ1) is 15.4. The van der Waals surface area contributed by atoms with Gasteiger partial charge in [-0.15, -0.1) is 0 Å². The van der Waals surface area contributed by atoms with Crippen LogP contribution in [0.1, 0.15) is 43.9 Å². The van der Waals surface area contributed by atoms with Gasteiger partial charge < -0.3 is 10.1 Å². The summed E-state index contributed by atoms with van der Waals surface area (Å²) in [5.74, 6) is -1.29. The number of benzene rings is 2. The van der Waals surface area contributed by atoms with Gasteiger partial charge in [-0.25, -0.2) is 9.69 Å². The van der Waals surface area contributed by atoms with Gasteiger partial charge in [0.15, 0.2) is 0 Å². The van der Waals surface area contributed by atoms with Gasteiger partial charge in [-0.05, 0) is 43.2 Å². The van der Waals surface area contributed by atoms with Crippen molar-refractivity contribution < 1.29 is 19.1 Å². The third kappa shape index (κ3) is 2.55. The average molecular weight is 336 g/mol. The SMILES string of the molecule is COC(=O)c1ccc(NC2CC2)c(N2C(=O)c3ccccc3C2=O)c1. The molecule has 0 bridgehead atoms. The molecule has 4 rings (SSSR count). The van der Waals surface area contributed by atoms with Crippen LogP contribution in [0.3, 0.4) is 0 Å². The number of amides is 2. The number of nitrogens with zero attached hydrogens (tertiary/aromatic N) is 1. The summed E-state index contributed by atoms with van der Waals surface area (Å²) in [7, 11) is 1.29. The molecule has 0 spiro atoms. The van der Waals surface area contributed by atoms with E-state index in [4.69, 9.17) is 4.74 Å². The third-order valence-electron chi connectivity index (χ3n) is 4.39. The molecule has 0 unspecified atom stereocenters. The second-order valence-corrected chi connectivity index (χ2v) is 6.13. The minimum atomic E-state index is -0.518. The monoisotopic (exact) mass is 336 g/mol. The van der Waals surface area contributed by atoms with Gasteiger partial charge in [-0.3, -0.25) is 9.59 Å². The summed E-state index contributed by atoms with van der Waals surface area (Å²) in [6, 6.07) is 11.9. The Morgan fingerprint density at radius 2 is 1.72 bits per heavy atom. The predicted molar refractivity (Wildman–Crippen MR) is 92.0 cm³/mol. The molecule has 1 heterocycles. The average Bonchev–Trinajstić information content (AvgIpc) is 3.42. The number of carbonyl (C=O) groups is 3. The molecule has 1 N–H and O–H groups in total. The normalized spacial score (nSPS) is 16.0. The van der Waals surface area contributed by atoms with Gasteiger partial charge in [0.2, 0.25) is 0 Å². The highest BCUT2D eigenvalue weighted by Crippen LogP contribution is 2.37. The first-order valence-electron chi connectivity index (χ1n) is 8.07. The summed E-state index contributed by atoms with van der Waals surface area (Å²) in [6.07, 6.45) is 2.08. The number of nitrogens with one attached hydrogen (secondary N) is 1. The molecule has 1 aliphatic carbocycles. The summed E-state index contributed by atoms with van der Waals surface area (Å²) in [6.45, 7) is 0. The van der Waals surface area contributed by atoms with Crippen LogP contribution in [0.5, 0.6) is 0 Å². The van der Waals surface area contributed by atoms with E-state index in [2.05, 4.69) is 5.32 Å². The van der Waals surface area contributed by atoms with Crippen LogP contribution in [-0.2, 0) is 4.74 Å². The molecule has 0 atom stereocenters. The van der Waals surface area contributed by atoms with Crippen LogP contribution in [0.25, 0.3) is 0 Å². The Morgan fingerprint density at radius 1 is 1.08 bits per heavy atom. The zero-order valence-corrected chi connectivity index (χ0v) is 13.6. The lowest BCUT2D eigenvalue weighted by atomic mass is 10.1. The minimum absolute atomic E-state index is 0.287. The molecule has 1 saturated carbocycles. The van der Waals surface area contributed by atoms with Crippen molar-refractivity contribution >= 4 is 29.2 Å². The zero-order valence-electron chi connectivity index (χ0n) is 13.6. The topological polar surface area (TPSA) is 75.7 Å². The number of ether oxygens (including phenoxy) is 1. The van der Waals surface area contributed by atoms with Gasteiger partial charge in [0, 0.05) is 6.04 Å². The molecule has 2 aliphatic rings. The quantitative estimate of drug-likeness (QED) is 0.686. The van der Waals surface area contributed by atoms with E-state index in [0.29, 0.717) is 28.5 Å². The number of imide groups is 1. The highest BCUT2D eigenvalue weighted by Gasteiger charge is 2.38. The minimum Gasteiger partial charge on any atom is -0.465 e. The summed E-state index contributed by atoms with van der Waals surface area (Å²) in [4.78, 5) is 38.5. The number of carbonyl (C=O) groups excluding carboxylic acids is 3. The Balaban J connectivity index is 1.81. The van der Waals surface area contributed by atoms with Crippen LogP contribution < -0.4 is 10.2 Å². The van der Waals surface area contributed by atoms with Crippen LogP contribution in [0.2, 0.25) is 0 Å². The molecule has 0 saturated heterocycles. The molecule has 0 aromatic heterocycles. The Labute approximate surface area is 144 Å². The van der Waals surface area contributed by atoms with Gasteiger partial charge in [0.25, 0.3) is 11.8 Å². The van der Waals surface area contributed by atoms with E-state index < -0.39 is 5.97 Å². The van der Waals surface area contributed by atoms with Gasteiger partial charge in [0.1, 0.15) is 0 Å². The Morgan fingerprint density at radius 3 is 2.28 bits per heavy atom. The molecule has 1 aliphatic heterocycles. The second-order valence-electron chi connectivity index (χ2n) is 6.13. The predicted octanol–water partition coefficient (Wildman–Crippen LogP) is 2.85. The maximum atomic E-state index is 12.8. The van der Waals surface area contributed by atoms with E-state index in [9.17, 15) is 14.4 Å². The lowest BCUT2D eigenvalue weighted by molar-refractivity contribution is 0.0600. The number of fused-ring (bicyclic) bond motifs is 1. The van der Waals surface area contributed by atoms with Crippen LogP contribution in [-0.4, -0.2) is 30.9 Å². The van der Waals surface area contributed by atoms with Crippen molar-refractivity contribution in [1.29, 1.82) is 0 Å². The fraction of sp³-hybridized carbons (Fsp3) is 0.211. The van der Waals surface area contributed by atoms with Crippen LogP contribution in [0, 0.1) is 0 Å². The van der Waals surface area contributed by atoms with Crippen molar-refractivity contribution in [2.45, 2.75) is 18.9 Å². The lowest BCUT2D eigenvalue weighted by Crippen LogP contribution is -2.30. The summed E-state index contributed by atoms with van der Waals surface area (Å²) < 4.78 is 4.76. The number of anilines is 2. The van der Waals surface area contributed by atoms with E-state index in [1.165, 1.54) is 13.2 Å². The van der Waals surface area contributed by atoms with Crippen molar-refractivity contribution in [3.05, 3.63) is 59.2 Å². The van der Waals surface area contributed by atoms with Gasteiger partial charge in [0.05, 0.1) is 35.2 Å². The number of hydrogen-bond donors (Lipinski definition) is 1. The van der Waals surface area contributed by atoms with Crippen molar-refractivity contribution in [2.75, 3.05) is 17.3 Å². The van der Waals surface area contributed by atoms with Crippen molar-refractivity contribution in [2.24, 2.45) is 0 Å². The molecule has 6 nitrogen and oxygen atoms in total. The molecule has 0 radical (unpaired) electrons. The van der Waals surface area contributed by atoms with Crippen molar-refractivity contribution in [3.8, 4) is 0 Å². The fourth-order valence-corrected chi connectivity index (χ4v) is 2.94. The van der Waals surface area contributed by atoms with Crippen molar-refractivity contribution in [1.82, 2.24) is 0 Å². The van der Waals surface area contributed by atoms with Gasteiger partial charge in [-0.2, -0.15) is 0 Å². The summed E-state index contributed by atoms with van der Waals surface area (Å²) in [5, 5.41) is 3.32. The molecular formula is C19H16N2O4. The molecule has 2 amide bonds. The second kappa shape index (κ2) is 5.73. The molecular weight excluding hydrogens is 320 g/mol. The first-order valence-corrected chi connectivity index (χ1v) is 8.07.